The molecule has 0 spiro atoms. The Morgan fingerprint density at radius 2 is 1.93 bits per heavy atom. The van der Waals surface area contributed by atoms with Crippen LogP contribution in [0.5, 0.6) is 0 Å². The van der Waals surface area contributed by atoms with Crippen molar-refractivity contribution in [3.05, 3.63) is 70.5 Å². The van der Waals surface area contributed by atoms with Gasteiger partial charge in [0.15, 0.2) is 0 Å². The maximum absolute atomic E-state index is 13.7. The number of benzene rings is 2. The Morgan fingerprint density at radius 1 is 1.19 bits per heavy atom. The number of carbonyl (C=O) groups excluding carboxylic acids is 2. The summed E-state index contributed by atoms with van der Waals surface area (Å²) in [5.74, 6) is -1.25. The molecular weight excluding hydrogens is 367 g/mol. The molecule has 1 heterocycles. The first-order valence-electron chi connectivity index (χ1n) is 9.07. The molecule has 2 aromatic carbocycles. The smallest absolute Gasteiger partial charge is 0.253 e. The lowest BCUT2D eigenvalue weighted by atomic mass is 9.88. The summed E-state index contributed by atoms with van der Waals surface area (Å²) in [4.78, 5) is 27.2. The third kappa shape index (κ3) is 4.48. The first kappa shape index (κ1) is 19.4. The van der Waals surface area contributed by atoms with Gasteiger partial charge in [-0.25, -0.2) is 4.39 Å². The lowest BCUT2D eigenvalue weighted by Gasteiger charge is -2.18. The Bertz CT molecular complexity index is 825. The van der Waals surface area contributed by atoms with E-state index in [4.69, 9.17) is 11.6 Å². The number of hydrogen-bond donors (Lipinski definition) is 1. The van der Waals surface area contributed by atoms with E-state index < -0.39 is 5.92 Å². The van der Waals surface area contributed by atoms with E-state index in [-0.39, 0.29) is 23.5 Å². The van der Waals surface area contributed by atoms with Gasteiger partial charge in [0.1, 0.15) is 5.82 Å². The van der Waals surface area contributed by atoms with Crippen molar-refractivity contribution in [2.75, 3.05) is 19.6 Å². The molecule has 1 aliphatic rings. The van der Waals surface area contributed by atoms with Crippen LogP contribution < -0.4 is 5.32 Å². The van der Waals surface area contributed by atoms with Gasteiger partial charge in [-0.15, -0.1) is 0 Å². The molecule has 1 N–H and O–H groups in total. The molecule has 2 aromatic rings. The lowest BCUT2D eigenvalue weighted by molar-refractivity contribution is -0.124. The molecule has 0 saturated carbocycles. The first-order chi connectivity index (χ1) is 13.0. The van der Waals surface area contributed by atoms with Crippen LogP contribution in [0, 0.1) is 11.7 Å². The van der Waals surface area contributed by atoms with Crippen molar-refractivity contribution in [3.63, 3.8) is 0 Å². The van der Waals surface area contributed by atoms with E-state index in [9.17, 15) is 14.0 Å². The Labute approximate surface area is 163 Å². The molecule has 0 aliphatic carbocycles. The van der Waals surface area contributed by atoms with E-state index in [1.165, 1.54) is 12.1 Å². The molecule has 1 saturated heterocycles. The highest BCUT2D eigenvalue weighted by molar-refractivity contribution is 6.30. The van der Waals surface area contributed by atoms with Crippen molar-refractivity contribution in [2.45, 2.75) is 19.3 Å². The standard InChI is InChI=1S/C21H22ClFN2O2/c1-2-10-24-20(26)19-13-25(21(27)14-6-8-16(22)9-7-14)12-18(19)15-4-3-5-17(23)11-15/h3-9,11,18-19H,2,10,12-13H2,1H3,(H,24,26). The molecule has 0 bridgehead atoms. The van der Waals surface area contributed by atoms with Gasteiger partial charge in [-0.1, -0.05) is 30.7 Å². The minimum absolute atomic E-state index is 0.0995. The fourth-order valence-electron chi connectivity index (χ4n) is 3.46. The first-order valence-corrected chi connectivity index (χ1v) is 9.45. The second-order valence-electron chi connectivity index (χ2n) is 6.78. The van der Waals surface area contributed by atoms with Gasteiger partial charge in [0, 0.05) is 36.1 Å². The van der Waals surface area contributed by atoms with Crippen LogP contribution in [-0.2, 0) is 4.79 Å². The van der Waals surface area contributed by atoms with Crippen LogP contribution in [0.2, 0.25) is 5.02 Å². The summed E-state index contributed by atoms with van der Waals surface area (Å²) < 4.78 is 13.7. The van der Waals surface area contributed by atoms with Crippen LogP contribution in [0.25, 0.3) is 0 Å². The van der Waals surface area contributed by atoms with Crippen molar-refractivity contribution < 1.29 is 14.0 Å². The molecule has 27 heavy (non-hydrogen) atoms. The van der Waals surface area contributed by atoms with E-state index in [0.29, 0.717) is 30.2 Å². The predicted molar refractivity (Wildman–Crippen MR) is 103 cm³/mol. The van der Waals surface area contributed by atoms with Gasteiger partial charge in [0.05, 0.1) is 5.92 Å². The SMILES string of the molecule is CCCNC(=O)C1CN(C(=O)c2ccc(Cl)cc2)CC1c1cccc(F)c1. The number of amides is 2. The maximum Gasteiger partial charge on any atom is 0.253 e. The third-order valence-electron chi connectivity index (χ3n) is 4.86. The Kier molecular flexibility index (Phi) is 6.11. The van der Waals surface area contributed by atoms with Crippen LogP contribution >= 0.6 is 11.6 Å². The molecule has 4 nitrogen and oxygen atoms in total. The van der Waals surface area contributed by atoms with Gasteiger partial charge >= 0.3 is 0 Å². The van der Waals surface area contributed by atoms with Crippen LogP contribution in [0.4, 0.5) is 4.39 Å². The Hall–Kier alpha value is -2.40. The second kappa shape index (κ2) is 8.53. The van der Waals surface area contributed by atoms with Gasteiger partial charge in [-0.3, -0.25) is 9.59 Å². The largest absolute Gasteiger partial charge is 0.356 e. The zero-order chi connectivity index (χ0) is 19.4. The highest BCUT2D eigenvalue weighted by Crippen LogP contribution is 2.34. The molecule has 3 rings (SSSR count). The van der Waals surface area contributed by atoms with Crippen LogP contribution in [0.15, 0.2) is 48.5 Å². The summed E-state index contributed by atoms with van der Waals surface area (Å²) in [5.41, 5.74) is 1.25. The van der Waals surface area contributed by atoms with Gasteiger partial charge in [0.2, 0.25) is 5.91 Å². The molecule has 2 atom stereocenters. The number of rotatable bonds is 5. The molecular formula is C21H22ClFN2O2. The molecule has 1 fully saturated rings. The fourth-order valence-corrected chi connectivity index (χ4v) is 3.59. The number of likely N-dealkylation sites (tertiary alicyclic amines) is 1. The molecule has 142 valence electrons. The van der Waals surface area contributed by atoms with Crippen LogP contribution in [-0.4, -0.2) is 36.3 Å². The van der Waals surface area contributed by atoms with Gasteiger partial charge in [0.25, 0.3) is 5.91 Å². The van der Waals surface area contributed by atoms with E-state index in [2.05, 4.69) is 5.32 Å². The fraction of sp³-hybridized carbons (Fsp3) is 0.333. The van der Waals surface area contributed by atoms with E-state index in [0.717, 1.165) is 12.0 Å². The number of nitrogens with zero attached hydrogens (tertiary/aromatic N) is 1. The average molecular weight is 389 g/mol. The summed E-state index contributed by atoms with van der Waals surface area (Å²) in [6, 6.07) is 12.9. The maximum atomic E-state index is 13.7. The van der Waals surface area contributed by atoms with Crippen LogP contribution in [0.1, 0.15) is 35.2 Å². The normalized spacial score (nSPS) is 19.1. The number of hydrogen-bond acceptors (Lipinski definition) is 2. The van der Waals surface area contributed by atoms with Crippen molar-refractivity contribution in [1.82, 2.24) is 10.2 Å². The van der Waals surface area contributed by atoms with E-state index >= 15 is 0 Å². The average Bonchev–Trinajstić information content (AvgIpc) is 3.11. The minimum atomic E-state index is -0.408. The summed E-state index contributed by atoms with van der Waals surface area (Å²) >= 11 is 5.89. The summed E-state index contributed by atoms with van der Waals surface area (Å²) in [5, 5.41) is 3.47. The highest BCUT2D eigenvalue weighted by Gasteiger charge is 2.40. The molecule has 1 aliphatic heterocycles. The predicted octanol–water partition coefficient (Wildman–Crippen LogP) is 3.86. The quantitative estimate of drug-likeness (QED) is 0.845. The van der Waals surface area contributed by atoms with Crippen molar-refractivity contribution in [3.8, 4) is 0 Å². The van der Waals surface area contributed by atoms with E-state index in [1.54, 1.807) is 35.2 Å². The monoisotopic (exact) mass is 388 g/mol. The third-order valence-corrected chi connectivity index (χ3v) is 5.11. The topological polar surface area (TPSA) is 49.4 Å². The molecule has 6 heteroatoms. The molecule has 0 radical (unpaired) electrons. The van der Waals surface area contributed by atoms with Gasteiger partial charge < -0.3 is 10.2 Å². The van der Waals surface area contributed by atoms with Crippen LogP contribution in [0.3, 0.4) is 0 Å². The molecule has 2 amide bonds. The lowest BCUT2D eigenvalue weighted by Crippen LogP contribution is -2.36. The molecule has 0 aromatic heterocycles. The second-order valence-corrected chi connectivity index (χ2v) is 7.21. The summed E-state index contributed by atoms with van der Waals surface area (Å²) in [6.07, 6.45) is 0.830. The Balaban J connectivity index is 1.85. The van der Waals surface area contributed by atoms with Crippen molar-refractivity contribution in [2.24, 2.45) is 5.92 Å². The Morgan fingerprint density at radius 3 is 2.59 bits per heavy atom. The van der Waals surface area contributed by atoms with Gasteiger partial charge in [-0.2, -0.15) is 0 Å². The van der Waals surface area contributed by atoms with Crippen molar-refractivity contribution in [1.29, 1.82) is 0 Å². The van der Waals surface area contributed by atoms with Crippen molar-refractivity contribution >= 4 is 23.4 Å². The van der Waals surface area contributed by atoms with Gasteiger partial charge in [-0.05, 0) is 48.4 Å². The molecule has 2 unspecified atom stereocenters. The zero-order valence-electron chi connectivity index (χ0n) is 15.1. The highest BCUT2D eigenvalue weighted by atomic mass is 35.5. The number of nitrogens with one attached hydrogen (secondary N) is 1. The summed E-state index contributed by atoms with van der Waals surface area (Å²) in [6.45, 7) is 3.24. The van der Waals surface area contributed by atoms with E-state index in [1.807, 2.05) is 13.0 Å². The number of halogens is 2. The minimum Gasteiger partial charge on any atom is -0.356 e. The summed E-state index contributed by atoms with van der Waals surface area (Å²) in [7, 11) is 0. The zero-order valence-corrected chi connectivity index (χ0v) is 15.9. The number of carbonyl (C=O) groups is 2.